The third-order valence-corrected chi connectivity index (χ3v) is 1.55. The summed E-state index contributed by atoms with van der Waals surface area (Å²) in [6, 6.07) is 0. The normalized spacial score (nSPS) is 16.9. The first-order valence-corrected chi connectivity index (χ1v) is 3.05. The minimum absolute atomic E-state index is 0.320. The molecule has 0 radical (unpaired) electrons. The van der Waals surface area contributed by atoms with Crippen LogP contribution in [0.25, 0.3) is 0 Å². The second-order valence-electron chi connectivity index (χ2n) is 1.53. The largest absolute Gasteiger partial charge is 0.389 e. The molecule has 1 N–H and O–H groups in total. The van der Waals surface area contributed by atoms with E-state index in [9.17, 15) is 0 Å². The average Bonchev–Trinajstić information content (AvgIpc) is 1.65. The molecule has 0 aromatic heterocycles. The summed E-state index contributed by atoms with van der Waals surface area (Å²) in [7, 11) is 0. The lowest BCUT2D eigenvalue weighted by atomic mass is 10.2. The molecule has 0 aliphatic rings. The van der Waals surface area contributed by atoms with Crippen LogP contribution in [0, 0.1) is 0 Å². The van der Waals surface area contributed by atoms with Crippen molar-refractivity contribution in [1.29, 1.82) is 0 Å². The zero-order valence-corrected chi connectivity index (χ0v) is 6.07. The van der Waals surface area contributed by atoms with Gasteiger partial charge in [-0.3, -0.25) is 0 Å². The van der Waals surface area contributed by atoms with E-state index < -0.39 is 0 Å². The van der Waals surface area contributed by atoms with E-state index in [4.69, 9.17) is 5.11 Å². The number of rotatable bonds is 1. The summed E-state index contributed by atoms with van der Waals surface area (Å²) in [4.78, 5) is 1.72. The van der Waals surface area contributed by atoms with Crippen LogP contribution in [0.1, 0.15) is 13.8 Å². The van der Waals surface area contributed by atoms with Gasteiger partial charge in [0.1, 0.15) is 0 Å². The van der Waals surface area contributed by atoms with Crippen LogP contribution in [-0.2, 0) is 0 Å². The lowest BCUT2D eigenvalue weighted by Gasteiger charge is -1.98. The van der Waals surface area contributed by atoms with Gasteiger partial charge in [0, 0.05) is 0 Å². The smallest absolute Gasteiger partial charge is 0.0727 e. The van der Waals surface area contributed by atoms with Crippen LogP contribution in [0.2, 0.25) is 0 Å². The summed E-state index contributed by atoms with van der Waals surface area (Å²) in [5, 5.41) is 8.72. The Morgan fingerprint density at radius 3 is 2.29 bits per heavy atom. The first kappa shape index (κ1) is 7.18. The van der Waals surface area contributed by atoms with Gasteiger partial charge in [0.25, 0.3) is 0 Å². The van der Waals surface area contributed by atoms with Crippen LogP contribution in [-0.4, -0.2) is 11.2 Å². The molecule has 0 aromatic carbocycles. The molecule has 42 valence electrons. The number of aliphatic hydroxyl groups excluding tert-OH is 1. The van der Waals surface area contributed by atoms with Gasteiger partial charge in [-0.25, -0.2) is 0 Å². The lowest BCUT2D eigenvalue weighted by Crippen LogP contribution is -1.98. The molecule has 0 spiro atoms. The highest BCUT2D eigenvalue weighted by molar-refractivity contribution is 9.11. The third-order valence-electron chi connectivity index (χ3n) is 0.831. The Bertz CT molecular complexity index is 76.1. The van der Waals surface area contributed by atoms with Crippen LogP contribution < -0.4 is 0 Å². The minimum atomic E-state index is -0.320. The van der Waals surface area contributed by atoms with Gasteiger partial charge in [-0.1, -0.05) is 15.9 Å². The van der Waals surface area contributed by atoms with Gasteiger partial charge < -0.3 is 5.11 Å². The topological polar surface area (TPSA) is 20.2 Å². The van der Waals surface area contributed by atoms with E-state index in [0.29, 0.717) is 0 Å². The minimum Gasteiger partial charge on any atom is -0.389 e. The molecule has 0 amide bonds. The van der Waals surface area contributed by atoms with Crippen LogP contribution in [0.4, 0.5) is 0 Å². The highest BCUT2D eigenvalue weighted by atomic mass is 79.9. The predicted octanol–water partition coefficient (Wildman–Crippen LogP) is 1.67. The van der Waals surface area contributed by atoms with Crippen molar-refractivity contribution in [3.8, 4) is 0 Å². The van der Waals surface area contributed by atoms with Crippen LogP contribution in [0.5, 0.6) is 0 Å². The fraction of sp³-hybridized carbons (Fsp3) is 0.600. The summed E-state index contributed by atoms with van der Waals surface area (Å²) >= 11 is 3.09. The highest BCUT2D eigenvalue weighted by Crippen LogP contribution is 2.01. The first-order valence-electron chi connectivity index (χ1n) is 2.13. The predicted molar refractivity (Wildman–Crippen MR) is 34.4 cm³/mol. The SMILES string of the molecule is C/C(=C\Br)C(C)O. The molecule has 0 aliphatic carbocycles. The Balaban J connectivity index is 3.56. The highest BCUT2D eigenvalue weighted by Gasteiger charge is 1.93. The Morgan fingerprint density at radius 1 is 1.86 bits per heavy atom. The van der Waals surface area contributed by atoms with Crippen molar-refractivity contribution in [2.24, 2.45) is 0 Å². The maximum Gasteiger partial charge on any atom is 0.0727 e. The Morgan fingerprint density at radius 2 is 2.29 bits per heavy atom. The monoisotopic (exact) mass is 164 g/mol. The van der Waals surface area contributed by atoms with Crippen molar-refractivity contribution in [2.45, 2.75) is 20.0 Å². The molecule has 1 nitrogen and oxygen atoms in total. The molecule has 0 bridgehead atoms. The van der Waals surface area contributed by atoms with E-state index in [0.717, 1.165) is 5.57 Å². The molecule has 1 unspecified atom stereocenters. The molecular formula is C5H9BrO. The number of hydrogen-bond acceptors (Lipinski definition) is 1. The fourth-order valence-electron chi connectivity index (χ4n) is 0.0912. The Kier molecular flexibility index (Phi) is 3.30. The van der Waals surface area contributed by atoms with Crippen LogP contribution in [0.15, 0.2) is 10.6 Å². The van der Waals surface area contributed by atoms with Crippen molar-refractivity contribution in [3.63, 3.8) is 0 Å². The van der Waals surface area contributed by atoms with Gasteiger partial charge in [-0.05, 0) is 24.4 Å². The summed E-state index contributed by atoms with van der Waals surface area (Å²) in [6.07, 6.45) is -0.320. The van der Waals surface area contributed by atoms with Crippen molar-refractivity contribution >= 4 is 15.9 Å². The summed E-state index contributed by atoms with van der Waals surface area (Å²) < 4.78 is 0. The first-order chi connectivity index (χ1) is 3.18. The van der Waals surface area contributed by atoms with Crippen molar-refractivity contribution < 1.29 is 5.11 Å². The molecule has 1 atom stereocenters. The molecule has 7 heavy (non-hydrogen) atoms. The maximum absolute atomic E-state index is 8.72. The van der Waals surface area contributed by atoms with Gasteiger partial charge in [-0.2, -0.15) is 0 Å². The summed E-state index contributed by atoms with van der Waals surface area (Å²) in [5.74, 6) is 0. The second kappa shape index (κ2) is 3.22. The van der Waals surface area contributed by atoms with Crippen LogP contribution >= 0.6 is 15.9 Å². The molecule has 2 heteroatoms. The molecule has 0 aromatic rings. The molecule has 0 aliphatic heterocycles. The van der Waals surface area contributed by atoms with E-state index in [1.807, 2.05) is 6.92 Å². The van der Waals surface area contributed by atoms with Gasteiger partial charge in [-0.15, -0.1) is 0 Å². The van der Waals surface area contributed by atoms with Gasteiger partial charge in [0.2, 0.25) is 0 Å². The van der Waals surface area contributed by atoms with E-state index in [-0.39, 0.29) is 6.10 Å². The van der Waals surface area contributed by atoms with E-state index in [2.05, 4.69) is 15.9 Å². The zero-order valence-electron chi connectivity index (χ0n) is 4.48. The van der Waals surface area contributed by atoms with Crippen LogP contribution in [0.3, 0.4) is 0 Å². The van der Waals surface area contributed by atoms with Gasteiger partial charge >= 0.3 is 0 Å². The Hall–Kier alpha value is 0.180. The lowest BCUT2D eigenvalue weighted by molar-refractivity contribution is 0.232. The fourth-order valence-corrected chi connectivity index (χ4v) is 0.474. The van der Waals surface area contributed by atoms with E-state index >= 15 is 0 Å². The molecule has 0 fully saturated rings. The Labute approximate surface area is 52.2 Å². The molecule has 0 saturated carbocycles. The quantitative estimate of drug-likeness (QED) is 0.626. The van der Waals surface area contributed by atoms with E-state index in [1.54, 1.807) is 11.9 Å². The average molecular weight is 165 g/mol. The summed E-state index contributed by atoms with van der Waals surface area (Å²) in [6.45, 7) is 3.59. The van der Waals surface area contributed by atoms with E-state index in [1.165, 1.54) is 0 Å². The molecule has 0 rings (SSSR count). The molecule has 0 heterocycles. The second-order valence-corrected chi connectivity index (χ2v) is 1.99. The molecular weight excluding hydrogens is 156 g/mol. The van der Waals surface area contributed by atoms with Crippen molar-refractivity contribution in [1.82, 2.24) is 0 Å². The maximum atomic E-state index is 8.72. The number of aliphatic hydroxyl groups is 1. The standard InChI is InChI=1S/C5H9BrO/c1-4(3-6)5(2)7/h3,5,7H,1-2H3/b4-3+. The number of halogens is 1. The van der Waals surface area contributed by atoms with Crippen molar-refractivity contribution in [2.75, 3.05) is 0 Å². The molecule has 0 saturated heterocycles. The summed E-state index contributed by atoms with van der Waals surface area (Å²) in [5.41, 5.74) is 0.944. The number of hydrogen-bond donors (Lipinski definition) is 1. The van der Waals surface area contributed by atoms with Gasteiger partial charge in [0.05, 0.1) is 6.10 Å². The van der Waals surface area contributed by atoms with Crippen molar-refractivity contribution in [3.05, 3.63) is 10.6 Å². The van der Waals surface area contributed by atoms with Gasteiger partial charge in [0.15, 0.2) is 0 Å². The third kappa shape index (κ3) is 2.83. The zero-order chi connectivity index (χ0) is 5.86.